The zero-order valence-electron chi connectivity index (χ0n) is 12.7. The number of hydrogen-bond acceptors (Lipinski definition) is 3. The van der Waals surface area contributed by atoms with Crippen molar-refractivity contribution in [2.45, 2.75) is 45.6 Å². The molecule has 0 bridgehead atoms. The second-order valence-electron chi connectivity index (χ2n) is 4.87. The molecule has 0 heterocycles. The number of aryl methyl sites for hydroxylation is 1. The molecule has 1 unspecified atom stereocenters. The van der Waals surface area contributed by atoms with Gasteiger partial charge in [0, 0.05) is 6.04 Å². The maximum Gasteiger partial charge on any atom is 0.161 e. The molecule has 0 spiro atoms. The maximum atomic E-state index is 5.80. The van der Waals surface area contributed by atoms with Crippen molar-refractivity contribution < 1.29 is 9.47 Å². The Kier molecular flexibility index (Phi) is 7.34. The monoisotopic (exact) mass is 265 g/mol. The largest absolute Gasteiger partial charge is 0.493 e. The Morgan fingerprint density at radius 2 is 2.00 bits per heavy atom. The molecule has 0 saturated heterocycles. The van der Waals surface area contributed by atoms with Gasteiger partial charge in [-0.15, -0.1) is 0 Å². The van der Waals surface area contributed by atoms with Gasteiger partial charge in [0.25, 0.3) is 0 Å². The molecular formula is C16H27NO2. The Morgan fingerprint density at radius 1 is 1.21 bits per heavy atom. The van der Waals surface area contributed by atoms with E-state index in [4.69, 9.17) is 9.47 Å². The van der Waals surface area contributed by atoms with Gasteiger partial charge in [0.05, 0.1) is 13.7 Å². The minimum Gasteiger partial charge on any atom is -0.493 e. The van der Waals surface area contributed by atoms with Crippen LogP contribution < -0.4 is 14.8 Å². The highest BCUT2D eigenvalue weighted by Crippen LogP contribution is 2.28. The van der Waals surface area contributed by atoms with Crippen LogP contribution in [0.5, 0.6) is 11.5 Å². The number of nitrogens with one attached hydrogen (secondary N) is 1. The van der Waals surface area contributed by atoms with Gasteiger partial charge in [-0.3, -0.25) is 0 Å². The third kappa shape index (κ3) is 5.52. The Bertz CT molecular complexity index is 366. The van der Waals surface area contributed by atoms with Gasteiger partial charge in [-0.05, 0) is 57.4 Å². The van der Waals surface area contributed by atoms with Crippen LogP contribution in [0.4, 0.5) is 0 Å². The quantitative estimate of drug-likeness (QED) is 0.694. The number of hydrogen-bond donors (Lipinski definition) is 1. The minimum absolute atomic E-state index is 0.582. The van der Waals surface area contributed by atoms with E-state index in [1.165, 1.54) is 18.4 Å². The molecule has 0 fully saturated rings. The first-order chi connectivity index (χ1) is 9.21. The van der Waals surface area contributed by atoms with E-state index < -0.39 is 0 Å². The fourth-order valence-corrected chi connectivity index (χ4v) is 1.93. The summed E-state index contributed by atoms with van der Waals surface area (Å²) >= 11 is 0. The van der Waals surface area contributed by atoms with E-state index in [0.717, 1.165) is 30.9 Å². The Balaban J connectivity index is 2.36. The standard InChI is InChI=1S/C16H27NO2/c1-5-14-9-10-15(16(12-14)18-4)19-11-7-6-8-13(2)17-3/h9-10,12-13,17H,5-8,11H2,1-4H3. The number of benzene rings is 1. The molecule has 0 radical (unpaired) electrons. The van der Waals surface area contributed by atoms with Gasteiger partial charge in [0.1, 0.15) is 0 Å². The number of methoxy groups -OCH3 is 1. The van der Waals surface area contributed by atoms with Gasteiger partial charge in [0.2, 0.25) is 0 Å². The van der Waals surface area contributed by atoms with Gasteiger partial charge >= 0.3 is 0 Å². The molecule has 1 aromatic carbocycles. The van der Waals surface area contributed by atoms with Crippen LogP contribution >= 0.6 is 0 Å². The summed E-state index contributed by atoms with van der Waals surface area (Å²) in [6.07, 6.45) is 4.45. The average molecular weight is 265 g/mol. The molecule has 0 aliphatic carbocycles. The summed E-state index contributed by atoms with van der Waals surface area (Å²) in [6.45, 7) is 5.09. The topological polar surface area (TPSA) is 30.5 Å². The third-order valence-corrected chi connectivity index (χ3v) is 3.42. The van der Waals surface area contributed by atoms with Gasteiger partial charge in [-0.1, -0.05) is 13.0 Å². The molecule has 1 aromatic rings. The van der Waals surface area contributed by atoms with E-state index in [-0.39, 0.29) is 0 Å². The molecule has 0 saturated carbocycles. The normalized spacial score (nSPS) is 12.2. The first-order valence-electron chi connectivity index (χ1n) is 7.18. The third-order valence-electron chi connectivity index (χ3n) is 3.42. The predicted molar refractivity (Wildman–Crippen MR) is 80.2 cm³/mol. The van der Waals surface area contributed by atoms with Crippen molar-refractivity contribution in [1.82, 2.24) is 5.32 Å². The summed E-state index contributed by atoms with van der Waals surface area (Å²) in [5.41, 5.74) is 1.27. The van der Waals surface area contributed by atoms with Crippen molar-refractivity contribution >= 4 is 0 Å². The SMILES string of the molecule is CCc1ccc(OCCCCC(C)NC)c(OC)c1. The highest BCUT2D eigenvalue weighted by atomic mass is 16.5. The molecular weight excluding hydrogens is 238 g/mol. The molecule has 108 valence electrons. The smallest absolute Gasteiger partial charge is 0.161 e. The zero-order valence-corrected chi connectivity index (χ0v) is 12.7. The Labute approximate surface area is 117 Å². The summed E-state index contributed by atoms with van der Waals surface area (Å²) in [4.78, 5) is 0. The summed E-state index contributed by atoms with van der Waals surface area (Å²) in [5, 5.41) is 3.24. The van der Waals surface area contributed by atoms with E-state index in [1.807, 2.05) is 13.1 Å². The van der Waals surface area contributed by atoms with Crippen molar-refractivity contribution in [2.75, 3.05) is 20.8 Å². The lowest BCUT2D eigenvalue weighted by Gasteiger charge is -2.13. The van der Waals surface area contributed by atoms with Crippen molar-refractivity contribution in [3.63, 3.8) is 0 Å². The lowest BCUT2D eigenvalue weighted by atomic mass is 10.1. The minimum atomic E-state index is 0.582. The van der Waals surface area contributed by atoms with E-state index in [2.05, 4.69) is 31.3 Å². The van der Waals surface area contributed by atoms with Crippen LogP contribution in [0.25, 0.3) is 0 Å². The van der Waals surface area contributed by atoms with Crippen LogP contribution in [0.2, 0.25) is 0 Å². The van der Waals surface area contributed by atoms with Crippen molar-refractivity contribution in [3.05, 3.63) is 23.8 Å². The molecule has 0 aromatic heterocycles. The molecule has 0 aliphatic heterocycles. The van der Waals surface area contributed by atoms with Crippen molar-refractivity contribution in [3.8, 4) is 11.5 Å². The lowest BCUT2D eigenvalue weighted by Crippen LogP contribution is -2.20. The van der Waals surface area contributed by atoms with E-state index in [0.29, 0.717) is 6.04 Å². The van der Waals surface area contributed by atoms with E-state index in [9.17, 15) is 0 Å². The fraction of sp³-hybridized carbons (Fsp3) is 0.625. The highest BCUT2D eigenvalue weighted by Gasteiger charge is 2.05. The first kappa shape index (κ1) is 15.8. The molecule has 1 N–H and O–H groups in total. The predicted octanol–water partition coefficient (Wildman–Crippen LogP) is 3.41. The molecule has 1 rings (SSSR count). The van der Waals surface area contributed by atoms with Crippen LogP contribution in [-0.2, 0) is 6.42 Å². The van der Waals surface area contributed by atoms with Crippen molar-refractivity contribution in [1.29, 1.82) is 0 Å². The fourth-order valence-electron chi connectivity index (χ4n) is 1.93. The van der Waals surface area contributed by atoms with E-state index in [1.54, 1.807) is 7.11 Å². The average Bonchev–Trinajstić information content (AvgIpc) is 2.46. The second-order valence-corrected chi connectivity index (χ2v) is 4.87. The maximum absolute atomic E-state index is 5.80. The van der Waals surface area contributed by atoms with Gasteiger partial charge < -0.3 is 14.8 Å². The summed E-state index contributed by atoms with van der Waals surface area (Å²) in [6, 6.07) is 6.74. The zero-order chi connectivity index (χ0) is 14.1. The van der Waals surface area contributed by atoms with Crippen LogP contribution in [0.1, 0.15) is 38.7 Å². The van der Waals surface area contributed by atoms with Crippen molar-refractivity contribution in [2.24, 2.45) is 0 Å². The van der Waals surface area contributed by atoms with E-state index >= 15 is 0 Å². The second kappa shape index (κ2) is 8.81. The number of ether oxygens (including phenoxy) is 2. The Morgan fingerprint density at radius 3 is 2.63 bits per heavy atom. The number of unbranched alkanes of at least 4 members (excludes halogenated alkanes) is 1. The molecule has 19 heavy (non-hydrogen) atoms. The first-order valence-corrected chi connectivity index (χ1v) is 7.18. The van der Waals surface area contributed by atoms with Crippen LogP contribution in [0.15, 0.2) is 18.2 Å². The summed E-state index contributed by atoms with van der Waals surface area (Å²) in [5.74, 6) is 1.68. The lowest BCUT2D eigenvalue weighted by molar-refractivity contribution is 0.283. The van der Waals surface area contributed by atoms with Gasteiger partial charge in [-0.2, -0.15) is 0 Å². The number of rotatable bonds is 9. The van der Waals surface area contributed by atoms with Gasteiger partial charge in [0.15, 0.2) is 11.5 Å². The summed E-state index contributed by atoms with van der Waals surface area (Å²) < 4.78 is 11.2. The van der Waals surface area contributed by atoms with Crippen LogP contribution in [0.3, 0.4) is 0 Å². The van der Waals surface area contributed by atoms with Crippen LogP contribution in [-0.4, -0.2) is 26.8 Å². The highest BCUT2D eigenvalue weighted by molar-refractivity contribution is 5.42. The molecule has 3 nitrogen and oxygen atoms in total. The molecule has 0 aliphatic rings. The molecule has 1 atom stereocenters. The summed E-state index contributed by atoms with van der Waals surface area (Å²) in [7, 11) is 3.69. The Hall–Kier alpha value is -1.22. The molecule has 3 heteroatoms. The van der Waals surface area contributed by atoms with Gasteiger partial charge in [-0.25, -0.2) is 0 Å². The molecule has 0 amide bonds. The van der Waals surface area contributed by atoms with Crippen LogP contribution in [0, 0.1) is 0 Å².